The number of halogens is 2. The molecule has 3 heterocycles. The summed E-state index contributed by atoms with van der Waals surface area (Å²) in [5.41, 5.74) is -0.562. The summed E-state index contributed by atoms with van der Waals surface area (Å²) in [6.45, 7) is 1.60. The second-order valence-corrected chi connectivity index (χ2v) is 8.09. The molecule has 0 aliphatic carbocycles. The van der Waals surface area contributed by atoms with Crippen LogP contribution in [-0.2, 0) is 13.6 Å². The summed E-state index contributed by atoms with van der Waals surface area (Å²) in [5.74, 6) is 0.952. The average molecular weight is 454 g/mol. The van der Waals surface area contributed by atoms with Crippen LogP contribution in [0, 0.1) is 0 Å². The van der Waals surface area contributed by atoms with Gasteiger partial charge in [0.1, 0.15) is 18.5 Å². The molecule has 3 aromatic rings. The summed E-state index contributed by atoms with van der Waals surface area (Å²) in [5, 5.41) is 11.5. The van der Waals surface area contributed by atoms with Crippen LogP contribution < -0.4 is 20.9 Å². The van der Waals surface area contributed by atoms with Crippen molar-refractivity contribution in [2.45, 2.75) is 25.5 Å². The molecular formula is C19H21Cl2N5O4. The highest BCUT2D eigenvalue weighted by Gasteiger charge is 2.25. The van der Waals surface area contributed by atoms with Crippen molar-refractivity contribution in [2.75, 3.05) is 24.6 Å². The number of anilines is 1. The minimum Gasteiger partial charge on any atom is -0.489 e. The Morgan fingerprint density at radius 1 is 1.27 bits per heavy atom. The molecule has 11 heteroatoms. The zero-order chi connectivity index (χ0) is 21.4. The lowest BCUT2D eigenvalue weighted by atomic mass is 10.3. The molecule has 30 heavy (non-hydrogen) atoms. The van der Waals surface area contributed by atoms with E-state index in [9.17, 15) is 14.7 Å². The quantitative estimate of drug-likeness (QED) is 0.588. The minimum atomic E-state index is -0.952. The highest BCUT2D eigenvalue weighted by molar-refractivity contribution is 6.35. The number of benzene rings is 1. The number of fused-ring (bicyclic) bond motifs is 1. The van der Waals surface area contributed by atoms with Crippen LogP contribution in [-0.4, -0.2) is 50.0 Å². The van der Waals surface area contributed by atoms with E-state index >= 15 is 0 Å². The molecule has 1 saturated heterocycles. The smallest absolute Gasteiger partial charge is 0.329 e. The molecule has 160 valence electrons. The maximum atomic E-state index is 12.5. The number of aromatic nitrogens is 4. The van der Waals surface area contributed by atoms with E-state index in [0.717, 1.165) is 25.9 Å². The summed E-state index contributed by atoms with van der Waals surface area (Å²) in [4.78, 5) is 33.4. The predicted octanol–water partition coefficient (Wildman–Crippen LogP) is 1.77. The number of imidazole rings is 1. The van der Waals surface area contributed by atoms with Crippen molar-refractivity contribution in [3.63, 3.8) is 0 Å². The molecule has 2 aromatic heterocycles. The molecule has 0 saturated carbocycles. The number of ether oxygens (including phenoxy) is 1. The molecule has 1 atom stereocenters. The number of H-pyrrole nitrogens is 1. The van der Waals surface area contributed by atoms with E-state index in [0.29, 0.717) is 21.7 Å². The Hall–Kier alpha value is -2.49. The van der Waals surface area contributed by atoms with Gasteiger partial charge in [0, 0.05) is 25.2 Å². The van der Waals surface area contributed by atoms with Crippen LogP contribution in [0.5, 0.6) is 5.75 Å². The Morgan fingerprint density at radius 2 is 2.00 bits per heavy atom. The molecule has 0 radical (unpaired) electrons. The van der Waals surface area contributed by atoms with E-state index in [1.807, 2.05) is 4.90 Å². The monoisotopic (exact) mass is 453 g/mol. The fraction of sp³-hybridized carbons (Fsp3) is 0.421. The van der Waals surface area contributed by atoms with Crippen LogP contribution in [0.1, 0.15) is 12.8 Å². The Morgan fingerprint density at radius 3 is 2.70 bits per heavy atom. The van der Waals surface area contributed by atoms with Gasteiger partial charge in [-0.1, -0.05) is 23.2 Å². The summed E-state index contributed by atoms with van der Waals surface area (Å²) < 4.78 is 8.57. The fourth-order valence-electron chi connectivity index (χ4n) is 3.60. The minimum absolute atomic E-state index is 0.0515. The third-order valence-corrected chi connectivity index (χ3v) is 5.62. The molecule has 1 aromatic carbocycles. The topological polar surface area (TPSA) is 105 Å². The number of aryl methyl sites for hydroxylation is 1. The molecule has 0 amide bonds. The molecule has 1 fully saturated rings. The lowest BCUT2D eigenvalue weighted by Gasteiger charge is -2.20. The van der Waals surface area contributed by atoms with E-state index in [-0.39, 0.29) is 24.3 Å². The molecule has 1 aliphatic heterocycles. The molecule has 1 aliphatic rings. The van der Waals surface area contributed by atoms with E-state index in [2.05, 4.69) is 9.97 Å². The first kappa shape index (κ1) is 20.8. The first-order valence-electron chi connectivity index (χ1n) is 9.55. The van der Waals surface area contributed by atoms with Crippen molar-refractivity contribution in [2.24, 2.45) is 7.05 Å². The zero-order valence-corrected chi connectivity index (χ0v) is 17.8. The SMILES string of the molecule is Cn1c(=O)[nH]c(=O)c2c1nc(N1CCCC1)n2CC(O)COc1ccc(Cl)cc1Cl. The standard InChI is InChI=1S/C19H21Cl2N5O4/c1-24-16-15(17(28)23-19(24)29)26(18(22-16)25-6-2-3-7-25)9-12(27)10-30-14-5-4-11(20)8-13(14)21/h4-5,8,12,27H,2-3,6-7,9-10H2,1H3,(H,23,28,29). The fourth-order valence-corrected chi connectivity index (χ4v) is 4.06. The van der Waals surface area contributed by atoms with Gasteiger partial charge in [0.25, 0.3) is 5.56 Å². The van der Waals surface area contributed by atoms with Crippen LogP contribution in [0.3, 0.4) is 0 Å². The molecule has 2 N–H and O–H groups in total. The summed E-state index contributed by atoms with van der Waals surface area (Å²) in [7, 11) is 1.55. The molecule has 0 bridgehead atoms. The van der Waals surface area contributed by atoms with Crippen molar-refractivity contribution in [1.29, 1.82) is 0 Å². The summed E-state index contributed by atoms with van der Waals surface area (Å²) >= 11 is 12.0. The maximum absolute atomic E-state index is 12.5. The van der Waals surface area contributed by atoms with Gasteiger partial charge in [0.15, 0.2) is 11.2 Å². The van der Waals surface area contributed by atoms with Crippen molar-refractivity contribution in [3.05, 3.63) is 49.1 Å². The van der Waals surface area contributed by atoms with Crippen LogP contribution in [0.4, 0.5) is 5.95 Å². The number of hydrogen-bond donors (Lipinski definition) is 2. The molecule has 4 rings (SSSR count). The Balaban J connectivity index is 1.65. The molecule has 9 nitrogen and oxygen atoms in total. The lowest BCUT2D eigenvalue weighted by molar-refractivity contribution is 0.0937. The van der Waals surface area contributed by atoms with Gasteiger partial charge >= 0.3 is 5.69 Å². The average Bonchev–Trinajstić information content (AvgIpc) is 3.34. The van der Waals surface area contributed by atoms with Crippen molar-refractivity contribution in [1.82, 2.24) is 19.1 Å². The van der Waals surface area contributed by atoms with Gasteiger partial charge in [-0.25, -0.2) is 4.79 Å². The van der Waals surface area contributed by atoms with Gasteiger partial charge in [-0.05, 0) is 31.0 Å². The normalized spacial score (nSPS) is 15.1. The van der Waals surface area contributed by atoms with Gasteiger partial charge < -0.3 is 19.3 Å². The first-order chi connectivity index (χ1) is 14.3. The zero-order valence-electron chi connectivity index (χ0n) is 16.3. The Labute approximate surface area is 181 Å². The number of aromatic amines is 1. The van der Waals surface area contributed by atoms with Crippen LogP contribution in [0.15, 0.2) is 27.8 Å². The van der Waals surface area contributed by atoms with Gasteiger partial charge in [-0.3, -0.25) is 14.3 Å². The second kappa shape index (κ2) is 8.33. The lowest BCUT2D eigenvalue weighted by Crippen LogP contribution is -2.31. The number of aliphatic hydroxyl groups is 1. The van der Waals surface area contributed by atoms with Gasteiger partial charge in [0.2, 0.25) is 5.95 Å². The van der Waals surface area contributed by atoms with Crippen molar-refractivity contribution >= 4 is 40.3 Å². The third kappa shape index (κ3) is 3.92. The predicted molar refractivity (Wildman–Crippen MR) is 115 cm³/mol. The van der Waals surface area contributed by atoms with Crippen molar-refractivity contribution in [3.8, 4) is 5.75 Å². The molecular weight excluding hydrogens is 433 g/mol. The molecule has 0 spiro atoms. The Kier molecular flexibility index (Phi) is 5.77. The highest BCUT2D eigenvalue weighted by Crippen LogP contribution is 2.28. The van der Waals surface area contributed by atoms with Crippen LogP contribution in [0.2, 0.25) is 10.0 Å². The molecule has 1 unspecified atom stereocenters. The van der Waals surface area contributed by atoms with E-state index in [4.69, 9.17) is 27.9 Å². The van der Waals surface area contributed by atoms with Gasteiger partial charge in [0.05, 0.1) is 11.6 Å². The summed E-state index contributed by atoms with van der Waals surface area (Å²) in [6.07, 6.45) is 1.07. The summed E-state index contributed by atoms with van der Waals surface area (Å²) in [6, 6.07) is 4.82. The number of nitrogens with one attached hydrogen (secondary N) is 1. The maximum Gasteiger partial charge on any atom is 0.329 e. The van der Waals surface area contributed by atoms with Crippen molar-refractivity contribution < 1.29 is 9.84 Å². The number of aliphatic hydroxyl groups excluding tert-OH is 1. The number of hydrogen-bond acceptors (Lipinski definition) is 6. The highest BCUT2D eigenvalue weighted by atomic mass is 35.5. The van der Waals surface area contributed by atoms with E-state index in [1.165, 1.54) is 4.57 Å². The van der Waals surface area contributed by atoms with Gasteiger partial charge in [-0.15, -0.1) is 0 Å². The van der Waals surface area contributed by atoms with E-state index < -0.39 is 17.4 Å². The first-order valence-corrected chi connectivity index (χ1v) is 10.3. The van der Waals surface area contributed by atoms with Crippen LogP contribution >= 0.6 is 23.2 Å². The van der Waals surface area contributed by atoms with Crippen LogP contribution in [0.25, 0.3) is 11.2 Å². The second-order valence-electron chi connectivity index (χ2n) is 7.25. The third-order valence-electron chi connectivity index (χ3n) is 5.09. The number of rotatable bonds is 6. The van der Waals surface area contributed by atoms with Gasteiger partial charge in [-0.2, -0.15) is 4.98 Å². The van der Waals surface area contributed by atoms with E-state index in [1.54, 1.807) is 29.8 Å². The largest absolute Gasteiger partial charge is 0.489 e. The Bertz CT molecular complexity index is 1200. The number of nitrogens with zero attached hydrogens (tertiary/aromatic N) is 4.